The van der Waals surface area contributed by atoms with Gasteiger partial charge in [-0.2, -0.15) is 0 Å². The molecule has 1 fully saturated rings. The predicted octanol–water partition coefficient (Wildman–Crippen LogP) is 4.29. The largest absolute Gasteiger partial charge is 0.369 e. The molecular weight excluding hydrogens is 486 g/mol. The van der Waals surface area contributed by atoms with Gasteiger partial charge in [0.25, 0.3) is 5.91 Å². The number of benzene rings is 2. The molecule has 1 amide bonds. The number of aromatic nitrogens is 3. The number of fused-ring (bicyclic) bond motifs is 1. The van der Waals surface area contributed by atoms with Gasteiger partial charge in [0.2, 0.25) is 0 Å². The molecular formula is C31H39N7O. The van der Waals surface area contributed by atoms with Crippen molar-refractivity contribution in [1.82, 2.24) is 29.9 Å². The van der Waals surface area contributed by atoms with Crippen LogP contribution in [0.5, 0.6) is 0 Å². The Hall–Kier alpha value is -3.75. The standard InChI is InChI=1S/C31H39N7O/c1-21-17-25(18-22(2)29(21)38-15-12-36(5)13-16-38)28-19-26-27(20-32-30(26)34-33-28)23-7-9-24(10-8-23)31(39)37(6)14-11-35(3)4/h7-10,17-20H,11-16H2,1-6H3,(H,32,34). The molecule has 5 rings (SSSR count). The van der Waals surface area contributed by atoms with E-state index in [1.54, 1.807) is 4.90 Å². The minimum Gasteiger partial charge on any atom is -0.369 e. The van der Waals surface area contributed by atoms with Gasteiger partial charge in [-0.25, -0.2) is 0 Å². The Labute approximate surface area is 231 Å². The molecule has 0 spiro atoms. The maximum absolute atomic E-state index is 12.8. The fraction of sp³-hybridized carbons (Fsp3) is 0.387. The average Bonchev–Trinajstić information content (AvgIpc) is 3.35. The lowest BCUT2D eigenvalue weighted by molar-refractivity contribution is 0.0786. The summed E-state index contributed by atoms with van der Waals surface area (Å²) in [6.07, 6.45) is 1.97. The van der Waals surface area contributed by atoms with Crippen LogP contribution in [0, 0.1) is 13.8 Å². The van der Waals surface area contributed by atoms with Crippen LogP contribution in [0.3, 0.4) is 0 Å². The number of hydrogen-bond acceptors (Lipinski definition) is 6. The van der Waals surface area contributed by atoms with Gasteiger partial charge in [-0.15, -0.1) is 10.2 Å². The van der Waals surface area contributed by atoms with Crippen molar-refractivity contribution in [3.8, 4) is 22.4 Å². The van der Waals surface area contributed by atoms with Crippen molar-refractivity contribution < 1.29 is 4.79 Å². The number of hydrogen-bond donors (Lipinski definition) is 1. The lowest BCUT2D eigenvalue weighted by Gasteiger charge is -2.36. The summed E-state index contributed by atoms with van der Waals surface area (Å²) in [5.74, 6) is 0.0289. The highest BCUT2D eigenvalue weighted by Gasteiger charge is 2.19. The van der Waals surface area contributed by atoms with E-state index in [-0.39, 0.29) is 5.91 Å². The van der Waals surface area contributed by atoms with Gasteiger partial charge < -0.3 is 24.6 Å². The molecule has 0 unspecified atom stereocenters. The normalized spacial score (nSPS) is 14.4. The summed E-state index contributed by atoms with van der Waals surface area (Å²) in [7, 11) is 8.05. The Balaban J connectivity index is 1.41. The molecule has 8 heteroatoms. The van der Waals surface area contributed by atoms with E-state index in [9.17, 15) is 4.79 Å². The zero-order chi connectivity index (χ0) is 27.7. The molecule has 1 aliphatic heterocycles. The number of likely N-dealkylation sites (N-methyl/N-ethyl adjacent to an activating group) is 3. The van der Waals surface area contributed by atoms with Gasteiger partial charge in [0.05, 0.1) is 5.69 Å². The first-order valence-electron chi connectivity index (χ1n) is 13.6. The Morgan fingerprint density at radius 3 is 2.21 bits per heavy atom. The maximum Gasteiger partial charge on any atom is 0.253 e. The van der Waals surface area contributed by atoms with Crippen LogP contribution in [0.2, 0.25) is 0 Å². The van der Waals surface area contributed by atoms with E-state index in [2.05, 4.69) is 69.0 Å². The van der Waals surface area contributed by atoms with Gasteiger partial charge in [0.1, 0.15) is 0 Å². The van der Waals surface area contributed by atoms with Crippen LogP contribution in [-0.2, 0) is 0 Å². The van der Waals surface area contributed by atoms with E-state index in [4.69, 9.17) is 0 Å². The van der Waals surface area contributed by atoms with Crippen molar-refractivity contribution in [3.05, 3.63) is 65.4 Å². The van der Waals surface area contributed by atoms with Crippen molar-refractivity contribution >= 4 is 22.6 Å². The molecule has 0 aliphatic carbocycles. The van der Waals surface area contributed by atoms with Gasteiger partial charge in [0, 0.05) is 80.3 Å². The van der Waals surface area contributed by atoms with Crippen LogP contribution in [0.4, 0.5) is 5.69 Å². The van der Waals surface area contributed by atoms with Crippen molar-refractivity contribution in [1.29, 1.82) is 0 Å². The molecule has 0 atom stereocenters. The number of piperazine rings is 1. The minimum atomic E-state index is 0.0289. The first kappa shape index (κ1) is 26.8. The molecule has 2 aromatic carbocycles. The number of anilines is 1. The van der Waals surface area contributed by atoms with Crippen LogP contribution >= 0.6 is 0 Å². The molecule has 0 saturated carbocycles. The van der Waals surface area contributed by atoms with E-state index in [0.29, 0.717) is 12.1 Å². The average molecular weight is 526 g/mol. The van der Waals surface area contributed by atoms with Crippen LogP contribution in [0.25, 0.3) is 33.4 Å². The zero-order valence-corrected chi connectivity index (χ0v) is 24.0. The monoisotopic (exact) mass is 525 g/mol. The van der Waals surface area contributed by atoms with Gasteiger partial charge in [-0.3, -0.25) is 4.79 Å². The van der Waals surface area contributed by atoms with Gasteiger partial charge in [0.15, 0.2) is 5.65 Å². The second-order valence-electron chi connectivity index (χ2n) is 11.1. The number of nitrogens with zero attached hydrogens (tertiary/aromatic N) is 6. The van der Waals surface area contributed by atoms with Crippen molar-refractivity contribution in [2.45, 2.75) is 13.8 Å². The molecule has 204 valence electrons. The van der Waals surface area contributed by atoms with Crippen LogP contribution in [0.1, 0.15) is 21.5 Å². The quantitative estimate of drug-likeness (QED) is 0.388. The Bertz CT molecular complexity index is 1440. The third kappa shape index (κ3) is 5.67. The Morgan fingerprint density at radius 2 is 1.56 bits per heavy atom. The molecule has 3 heterocycles. The number of carbonyl (C=O) groups is 1. The highest BCUT2D eigenvalue weighted by atomic mass is 16.2. The van der Waals surface area contributed by atoms with Crippen molar-refractivity contribution in [3.63, 3.8) is 0 Å². The van der Waals surface area contributed by atoms with Gasteiger partial charge in [-0.1, -0.05) is 12.1 Å². The molecule has 1 N–H and O–H groups in total. The van der Waals surface area contributed by atoms with E-state index < -0.39 is 0 Å². The van der Waals surface area contributed by atoms with Crippen molar-refractivity contribution in [2.75, 3.05) is 72.4 Å². The highest BCUT2D eigenvalue weighted by molar-refractivity contribution is 5.97. The van der Waals surface area contributed by atoms with Gasteiger partial charge >= 0.3 is 0 Å². The Morgan fingerprint density at radius 1 is 0.897 bits per heavy atom. The second kappa shape index (κ2) is 11.2. The summed E-state index contributed by atoms with van der Waals surface area (Å²) in [5.41, 5.74) is 9.31. The molecule has 2 aromatic heterocycles. The van der Waals surface area contributed by atoms with Crippen molar-refractivity contribution in [2.24, 2.45) is 0 Å². The minimum absolute atomic E-state index is 0.0289. The summed E-state index contributed by atoms with van der Waals surface area (Å²) in [6.45, 7) is 10.2. The molecule has 8 nitrogen and oxygen atoms in total. The number of aryl methyl sites for hydroxylation is 2. The summed E-state index contributed by atoms with van der Waals surface area (Å²) >= 11 is 0. The lowest BCUT2D eigenvalue weighted by atomic mass is 9.99. The molecule has 1 saturated heterocycles. The maximum atomic E-state index is 12.8. The molecule has 0 bridgehead atoms. The van der Waals surface area contributed by atoms with E-state index in [0.717, 1.165) is 66.1 Å². The SMILES string of the molecule is Cc1cc(-c2cc3c(-c4ccc(C(=O)N(C)CCN(C)C)cc4)c[nH]c3nn2)cc(C)c1N1CCN(C)CC1. The van der Waals surface area contributed by atoms with Crippen LogP contribution in [-0.4, -0.2) is 103 Å². The molecule has 4 aromatic rings. The molecule has 0 radical (unpaired) electrons. The van der Waals surface area contributed by atoms with Crippen LogP contribution in [0.15, 0.2) is 48.7 Å². The van der Waals surface area contributed by atoms with Gasteiger partial charge in [-0.05, 0) is 82.0 Å². The number of aromatic amines is 1. The van der Waals surface area contributed by atoms with E-state index in [1.165, 1.54) is 16.8 Å². The third-order valence-electron chi connectivity index (χ3n) is 7.72. The summed E-state index contributed by atoms with van der Waals surface area (Å²) in [5, 5.41) is 10.1. The topological polar surface area (TPSA) is 71.6 Å². The first-order chi connectivity index (χ1) is 18.7. The number of nitrogens with one attached hydrogen (secondary N) is 1. The smallest absolute Gasteiger partial charge is 0.253 e. The van der Waals surface area contributed by atoms with Crippen LogP contribution < -0.4 is 4.90 Å². The van der Waals surface area contributed by atoms with E-state index in [1.807, 2.05) is 51.6 Å². The number of carbonyl (C=O) groups excluding carboxylic acids is 1. The zero-order valence-electron chi connectivity index (χ0n) is 24.0. The fourth-order valence-corrected chi connectivity index (χ4v) is 5.40. The number of rotatable bonds is 7. The summed E-state index contributed by atoms with van der Waals surface area (Å²) in [4.78, 5) is 24.8. The second-order valence-corrected chi connectivity index (χ2v) is 11.1. The number of amides is 1. The fourth-order valence-electron chi connectivity index (χ4n) is 5.40. The highest BCUT2D eigenvalue weighted by Crippen LogP contribution is 2.34. The third-order valence-corrected chi connectivity index (χ3v) is 7.72. The predicted molar refractivity (Wildman–Crippen MR) is 159 cm³/mol. The first-order valence-corrected chi connectivity index (χ1v) is 13.6. The molecule has 39 heavy (non-hydrogen) atoms. The number of H-pyrrole nitrogens is 1. The summed E-state index contributed by atoms with van der Waals surface area (Å²) in [6, 6.07) is 14.4. The Kier molecular flexibility index (Phi) is 7.68. The lowest BCUT2D eigenvalue weighted by Crippen LogP contribution is -2.45. The van der Waals surface area contributed by atoms with E-state index >= 15 is 0 Å². The molecule has 1 aliphatic rings. The summed E-state index contributed by atoms with van der Waals surface area (Å²) < 4.78 is 0.